The molecule has 0 saturated heterocycles. The number of carboxylic acids is 1. The fourth-order valence-electron chi connectivity index (χ4n) is 1.36. The summed E-state index contributed by atoms with van der Waals surface area (Å²) in [5.74, 6) is -1.16. The van der Waals surface area contributed by atoms with Crippen LogP contribution in [0.25, 0.3) is 10.1 Å². The normalized spacial score (nSPS) is 10.2. The number of thiophene rings is 1. The number of anilines is 1. The van der Waals surface area contributed by atoms with Crippen molar-refractivity contribution in [2.45, 2.75) is 0 Å². The number of hydroxylamine groups is 1. The predicted octanol–water partition coefficient (Wildman–Crippen LogP) is 2.04. The zero-order chi connectivity index (χ0) is 13.0. The van der Waals surface area contributed by atoms with Gasteiger partial charge in [-0.15, -0.1) is 11.3 Å². The van der Waals surface area contributed by atoms with Gasteiger partial charge in [-0.25, -0.2) is 15.1 Å². The number of nitrogens with one attached hydrogen (secondary N) is 2. The lowest BCUT2D eigenvalue weighted by molar-refractivity contribution is -0.143. The Bertz CT molecular complexity index is 581. The molecule has 3 N–H and O–H groups in total. The van der Waals surface area contributed by atoms with Gasteiger partial charge in [0.15, 0.2) is 6.61 Å². The molecule has 1 aromatic carbocycles. The summed E-state index contributed by atoms with van der Waals surface area (Å²) in [6, 6.07) is 6.81. The molecule has 0 fully saturated rings. The molecular weight excluding hydrogens is 256 g/mol. The number of carboxylic acid groups (broad SMARTS) is 1. The third-order valence-corrected chi connectivity index (χ3v) is 2.97. The Morgan fingerprint density at radius 2 is 2.17 bits per heavy atom. The molecule has 2 rings (SSSR count). The van der Waals surface area contributed by atoms with E-state index in [0.717, 1.165) is 10.1 Å². The Morgan fingerprint density at radius 1 is 1.33 bits per heavy atom. The Labute approximate surface area is 106 Å². The largest absolute Gasteiger partial charge is 0.479 e. The number of carbonyl (C=O) groups is 2. The SMILES string of the molecule is O=C(O)CONC(=O)Nc1ccc2sccc2c1. The molecule has 18 heavy (non-hydrogen) atoms. The summed E-state index contributed by atoms with van der Waals surface area (Å²) in [6.45, 7) is -0.586. The van der Waals surface area contributed by atoms with Gasteiger partial charge in [0.25, 0.3) is 0 Å². The van der Waals surface area contributed by atoms with Gasteiger partial charge in [-0.1, -0.05) is 0 Å². The van der Waals surface area contributed by atoms with Crippen LogP contribution in [0.5, 0.6) is 0 Å². The van der Waals surface area contributed by atoms with Gasteiger partial charge in [-0.05, 0) is 35.0 Å². The maximum Gasteiger partial charge on any atom is 0.343 e. The van der Waals surface area contributed by atoms with Gasteiger partial charge in [0.2, 0.25) is 0 Å². The van der Waals surface area contributed by atoms with Crippen LogP contribution in [0.1, 0.15) is 0 Å². The highest BCUT2D eigenvalue weighted by Crippen LogP contribution is 2.23. The fraction of sp³-hybridized carbons (Fsp3) is 0.0909. The van der Waals surface area contributed by atoms with Crippen molar-refractivity contribution in [2.24, 2.45) is 0 Å². The smallest absolute Gasteiger partial charge is 0.343 e. The topological polar surface area (TPSA) is 87.7 Å². The number of hydrogen-bond acceptors (Lipinski definition) is 4. The molecule has 0 radical (unpaired) electrons. The van der Waals surface area contributed by atoms with E-state index in [4.69, 9.17) is 5.11 Å². The third kappa shape index (κ3) is 3.19. The van der Waals surface area contributed by atoms with Gasteiger partial charge in [0.05, 0.1) is 0 Å². The quantitative estimate of drug-likeness (QED) is 0.739. The molecule has 0 aliphatic rings. The minimum Gasteiger partial charge on any atom is -0.479 e. The number of urea groups is 1. The van der Waals surface area contributed by atoms with E-state index in [1.807, 2.05) is 29.1 Å². The Morgan fingerprint density at radius 3 is 2.94 bits per heavy atom. The fourth-order valence-corrected chi connectivity index (χ4v) is 2.14. The third-order valence-electron chi connectivity index (χ3n) is 2.07. The molecule has 0 bridgehead atoms. The minimum absolute atomic E-state index is 0.586. The van der Waals surface area contributed by atoms with Crippen molar-refractivity contribution in [1.82, 2.24) is 5.48 Å². The highest BCUT2D eigenvalue weighted by Gasteiger charge is 2.04. The monoisotopic (exact) mass is 266 g/mol. The highest BCUT2D eigenvalue weighted by molar-refractivity contribution is 7.17. The number of hydrogen-bond donors (Lipinski definition) is 3. The second-order valence-corrected chi connectivity index (χ2v) is 4.36. The molecule has 1 aromatic heterocycles. The molecular formula is C11H10N2O4S. The summed E-state index contributed by atoms with van der Waals surface area (Å²) in [6.07, 6.45) is 0. The predicted molar refractivity (Wildman–Crippen MR) is 67.6 cm³/mol. The zero-order valence-corrected chi connectivity index (χ0v) is 9.99. The molecule has 2 amide bonds. The van der Waals surface area contributed by atoms with Gasteiger partial charge in [0.1, 0.15) is 0 Å². The first kappa shape index (κ1) is 12.3. The second kappa shape index (κ2) is 5.48. The van der Waals surface area contributed by atoms with Crippen molar-refractivity contribution >= 4 is 39.1 Å². The summed E-state index contributed by atoms with van der Waals surface area (Å²) in [7, 11) is 0. The van der Waals surface area contributed by atoms with E-state index in [1.165, 1.54) is 0 Å². The number of aliphatic carboxylic acids is 1. The van der Waals surface area contributed by atoms with Crippen LogP contribution in [-0.2, 0) is 9.63 Å². The van der Waals surface area contributed by atoms with E-state index < -0.39 is 18.6 Å². The van der Waals surface area contributed by atoms with Gasteiger partial charge >= 0.3 is 12.0 Å². The molecule has 0 aliphatic carbocycles. The van der Waals surface area contributed by atoms with Crippen molar-refractivity contribution in [3.05, 3.63) is 29.6 Å². The molecule has 2 aromatic rings. The number of amides is 2. The average molecular weight is 266 g/mol. The van der Waals surface area contributed by atoms with Gasteiger partial charge < -0.3 is 10.4 Å². The van der Waals surface area contributed by atoms with Gasteiger partial charge in [-0.3, -0.25) is 4.84 Å². The van der Waals surface area contributed by atoms with E-state index in [-0.39, 0.29) is 0 Å². The van der Waals surface area contributed by atoms with Gasteiger partial charge in [0, 0.05) is 10.4 Å². The van der Waals surface area contributed by atoms with Crippen LogP contribution >= 0.6 is 11.3 Å². The summed E-state index contributed by atoms with van der Waals surface area (Å²) in [5.41, 5.74) is 2.58. The first-order valence-electron chi connectivity index (χ1n) is 5.03. The van der Waals surface area contributed by atoms with E-state index in [2.05, 4.69) is 10.2 Å². The number of benzene rings is 1. The van der Waals surface area contributed by atoms with Crippen molar-refractivity contribution in [1.29, 1.82) is 0 Å². The summed E-state index contributed by atoms with van der Waals surface area (Å²) < 4.78 is 1.13. The molecule has 0 spiro atoms. The number of carbonyl (C=O) groups excluding carboxylic acids is 1. The molecule has 0 atom stereocenters. The maximum absolute atomic E-state index is 11.3. The first-order chi connectivity index (χ1) is 8.65. The van der Waals surface area contributed by atoms with Crippen molar-refractivity contribution < 1.29 is 19.5 Å². The highest BCUT2D eigenvalue weighted by atomic mass is 32.1. The molecule has 94 valence electrons. The van der Waals surface area contributed by atoms with Crippen molar-refractivity contribution in [3.8, 4) is 0 Å². The van der Waals surface area contributed by atoms with Crippen LogP contribution in [0.3, 0.4) is 0 Å². The summed E-state index contributed by atoms with van der Waals surface area (Å²) >= 11 is 1.61. The van der Waals surface area contributed by atoms with Crippen LogP contribution in [0.4, 0.5) is 10.5 Å². The Hall–Kier alpha value is -2.12. The van der Waals surface area contributed by atoms with Crippen LogP contribution in [-0.4, -0.2) is 23.7 Å². The Kier molecular flexibility index (Phi) is 3.75. The number of fused-ring (bicyclic) bond motifs is 1. The van der Waals surface area contributed by atoms with Crippen LogP contribution < -0.4 is 10.8 Å². The average Bonchev–Trinajstić information content (AvgIpc) is 2.75. The molecule has 6 nitrogen and oxygen atoms in total. The van der Waals surface area contributed by atoms with Crippen LogP contribution in [0.15, 0.2) is 29.6 Å². The van der Waals surface area contributed by atoms with Crippen molar-refractivity contribution in [2.75, 3.05) is 11.9 Å². The Balaban J connectivity index is 1.91. The van der Waals surface area contributed by atoms with Crippen LogP contribution in [0, 0.1) is 0 Å². The second-order valence-electron chi connectivity index (χ2n) is 3.41. The molecule has 0 saturated carbocycles. The molecule has 7 heteroatoms. The lowest BCUT2D eigenvalue weighted by Gasteiger charge is -2.06. The minimum atomic E-state index is -1.16. The van der Waals surface area contributed by atoms with E-state index in [1.54, 1.807) is 17.4 Å². The standard InChI is InChI=1S/C11H10N2O4S/c14-10(15)6-17-13-11(16)12-8-1-2-9-7(5-8)3-4-18-9/h1-5H,6H2,(H,14,15)(H2,12,13,16). The zero-order valence-electron chi connectivity index (χ0n) is 9.17. The lowest BCUT2D eigenvalue weighted by atomic mass is 10.2. The van der Waals surface area contributed by atoms with Crippen LogP contribution in [0.2, 0.25) is 0 Å². The molecule has 0 unspecified atom stereocenters. The van der Waals surface area contributed by atoms with Crippen molar-refractivity contribution in [3.63, 3.8) is 0 Å². The maximum atomic E-state index is 11.3. The van der Waals surface area contributed by atoms with E-state index in [0.29, 0.717) is 5.69 Å². The van der Waals surface area contributed by atoms with E-state index >= 15 is 0 Å². The first-order valence-corrected chi connectivity index (χ1v) is 5.91. The molecule has 1 heterocycles. The number of rotatable bonds is 4. The summed E-state index contributed by atoms with van der Waals surface area (Å²) in [4.78, 5) is 25.9. The van der Waals surface area contributed by atoms with Gasteiger partial charge in [-0.2, -0.15) is 0 Å². The summed E-state index contributed by atoms with van der Waals surface area (Å²) in [5, 5.41) is 13.8. The molecule has 0 aliphatic heterocycles. The van der Waals surface area contributed by atoms with E-state index in [9.17, 15) is 9.59 Å². The lowest BCUT2D eigenvalue weighted by Crippen LogP contribution is -2.30.